The average molecular weight is 342 g/mol. The lowest BCUT2D eigenvalue weighted by Gasteiger charge is -2.19. The number of aromatic nitrogens is 1. The van der Waals surface area contributed by atoms with Gasteiger partial charge < -0.3 is 4.57 Å². The molecule has 0 radical (unpaired) electrons. The zero-order chi connectivity index (χ0) is 15.0. The zero-order valence-corrected chi connectivity index (χ0v) is 14.3. The first-order valence-corrected chi connectivity index (χ1v) is 8.06. The first kappa shape index (κ1) is 14.4. The second-order valence-electron chi connectivity index (χ2n) is 6.59. The summed E-state index contributed by atoms with van der Waals surface area (Å²) < 4.78 is 3.42. The second-order valence-corrected chi connectivity index (χ2v) is 7.51. The lowest BCUT2D eigenvalue weighted by Crippen LogP contribution is -2.10. The van der Waals surface area contributed by atoms with Crippen LogP contribution in [0.1, 0.15) is 31.9 Å². The van der Waals surface area contributed by atoms with E-state index in [4.69, 9.17) is 0 Å². The molecule has 2 heteroatoms. The first-order valence-electron chi connectivity index (χ1n) is 7.27. The molecule has 0 spiro atoms. The van der Waals surface area contributed by atoms with Crippen LogP contribution in [0, 0.1) is 0 Å². The molecule has 108 valence electrons. The van der Waals surface area contributed by atoms with Gasteiger partial charge in [-0.05, 0) is 40.1 Å². The van der Waals surface area contributed by atoms with Crippen molar-refractivity contribution in [2.75, 3.05) is 0 Å². The van der Waals surface area contributed by atoms with Gasteiger partial charge in [-0.25, -0.2) is 0 Å². The van der Waals surface area contributed by atoms with Crippen molar-refractivity contribution >= 4 is 26.8 Å². The number of halogens is 1. The van der Waals surface area contributed by atoms with Crippen molar-refractivity contribution in [1.82, 2.24) is 4.57 Å². The summed E-state index contributed by atoms with van der Waals surface area (Å²) in [6, 6.07) is 17.6. The minimum Gasteiger partial charge on any atom is -0.343 e. The van der Waals surface area contributed by atoms with Gasteiger partial charge in [0.05, 0.1) is 0 Å². The molecule has 0 saturated heterocycles. The van der Waals surface area contributed by atoms with Gasteiger partial charge in [-0.1, -0.05) is 67.0 Å². The van der Waals surface area contributed by atoms with Crippen LogP contribution in [0.5, 0.6) is 0 Å². The molecule has 1 nitrogen and oxygen atoms in total. The highest BCUT2D eigenvalue weighted by molar-refractivity contribution is 9.10. The standard InChI is InChI=1S/C19H20BrN/c1-19(2,3)16-7-4-14(5-8-16)13-21-11-10-15-6-9-17(20)12-18(15)21/h4-12H,13H2,1-3H3. The Morgan fingerprint density at radius 1 is 0.952 bits per heavy atom. The zero-order valence-electron chi connectivity index (χ0n) is 12.7. The summed E-state index contributed by atoms with van der Waals surface area (Å²) >= 11 is 3.55. The number of hydrogen-bond donors (Lipinski definition) is 0. The van der Waals surface area contributed by atoms with Gasteiger partial charge in [0.25, 0.3) is 0 Å². The number of rotatable bonds is 2. The minimum atomic E-state index is 0.212. The lowest BCUT2D eigenvalue weighted by molar-refractivity contribution is 0.590. The van der Waals surface area contributed by atoms with E-state index in [1.165, 1.54) is 22.0 Å². The third-order valence-electron chi connectivity index (χ3n) is 3.91. The molecule has 0 amide bonds. The monoisotopic (exact) mass is 341 g/mol. The van der Waals surface area contributed by atoms with Gasteiger partial charge in [0.1, 0.15) is 0 Å². The largest absolute Gasteiger partial charge is 0.343 e. The Labute approximate surface area is 134 Å². The summed E-state index contributed by atoms with van der Waals surface area (Å²) in [5.74, 6) is 0. The van der Waals surface area contributed by atoms with E-state index >= 15 is 0 Å². The van der Waals surface area contributed by atoms with Crippen molar-refractivity contribution in [3.8, 4) is 0 Å². The van der Waals surface area contributed by atoms with Gasteiger partial charge in [0.2, 0.25) is 0 Å². The molecule has 1 aromatic heterocycles. The van der Waals surface area contributed by atoms with Crippen LogP contribution < -0.4 is 0 Å². The molecule has 0 fully saturated rings. The summed E-state index contributed by atoms with van der Waals surface area (Å²) in [6.45, 7) is 7.65. The van der Waals surface area contributed by atoms with Crippen molar-refractivity contribution < 1.29 is 0 Å². The van der Waals surface area contributed by atoms with E-state index in [-0.39, 0.29) is 5.41 Å². The predicted molar refractivity (Wildman–Crippen MR) is 93.9 cm³/mol. The van der Waals surface area contributed by atoms with Crippen LogP contribution in [0.15, 0.2) is 59.2 Å². The maximum atomic E-state index is 3.55. The Morgan fingerprint density at radius 2 is 1.67 bits per heavy atom. The normalized spacial score (nSPS) is 12.0. The Hall–Kier alpha value is -1.54. The van der Waals surface area contributed by atoms with Crippen LogP contribution in [0.2, 0.25) is 0 Å². The molecule has 2 aromatic carbocycles. The van der Waals surface area contributed by atoms with E-state index in [1.807, 2.05) is 0 Å². The quantitative estimate of drug-likeness (QED) is 0.559. The number of hydrogen-bond acceptors (Lipinski definition) is 0. The summed E-state index contributed by atoms with van der Waals surface area (Å²) in [7, 11) is 0. The third-order valence-corrected chi connectivity index (χ3v) is 4.40. The number of fused-ring (bicyclic) bond motifs is 1. The van der Waals surface area contributed by atoms with Crippen molar-refractivity contribution in [3.05, 3.63) is 70.3 Å². The van der Waals surface area contributed by atoms with Gasteiger partial charge in [0, 0.05) is 22.7 Å². The number of benzene rings is 2. The Balaban J connectivity index is 1.90. The molecule has 1 heterocycles. The minimum absolute atomic E-state index is 0.212. The van der Waals surface area contributed by atoms with Crippen molar-refractivity contribution in [2.24, 2.45) is 0 Å². The topological polar surface area (TPSA) is 4.93 Å². The molecular weight excluding hydrogens is 322 g/mol. The van der Waals surface area contributed by atoms with Crippen LogP contribution in [0.25, 0.3) is 10.9 Å². The van der Waals surface area contributed by atoms with E-state index in [0.717, 1.165) is 11.0 Å². The number of nitrogens with zero attached hydrogens (tertiary/aromatic N) is 1. The highest BCUT2D eigenvalue weighted by Gasteiger charge is 2.12. The summed E-state index contributed by atoms with van der Waals surface area (Å²) in [5.41, 5.74) is 4.19. The van der Waals surface area contributed by atoms with Gasteiger partial charge in [-0.3, -0.25) is 0 Å². The lowest BCUT2D eigenvalue weighted by atomic mass is 9.87. The highest BCUT2D eigenvalue weighted by Crippen LogP contribution is 2.24. The van der Waals surface area contributed by atoms with E-state index in [9.17, 15) is 0 Å². The smallest absolute Gasteiger partial charge is 0.0494 e. The van der Waals surface area contributed by atoms with Gasteiger partial charge in [-0.2, -0.15) is 0 Å². The van der Waals surface area contributed by atoms with Crippen molar-refractivity contribution in [2.45, 2.75) is 32.7 Å². The SMILES string of the molecule is CC(C)(C)c1ccc(Cn2ccc3ccc(Br)cc32)cc1. The molecule has 0 aliphatic carbocycles. The molecule has 21 heavy (non-hydrogen) atoms. The third kappa shape index (κ3) is 3.06. The summed E-state index contributed by atoms with van der Waals surface area (Å²) in [6.07, 6.45) is 2.16. The first-order chi connectivity index (χ1) is 9.93. The molecule has 0 unspecified atom stereocenters. The molecular formula is C19H20BrN. The fraction of sp³-hybridized carbons (Fsp3) is 0.263. The van der Waals surface area contributed by atoms with Crippen molar-refractivity contribution in [3.63, 3.8) is 0 Å². The van der Waals surface area contributed by atoms with Gasteiger partial charge >= 0.3 is 0 Å². The molecule has 3 rings (SSSR count). The maximum Gasteiger partial charge on any atom is 0.0494 e. The molecule has 3 aromatic rings. The predicted octanol–water partition coefficient (Wildman–Crippen LogP) is 5.75. The molecule has 0 N–H and O–H groups in total. The average Bonchev–Trinajstić information content (AvgIpc) is 2.81. The summed E-state index contributed by atoms with van der Waals surface area (Å²) in [4.78, 5) is 0. The fourth-order valence-corrected chi connectivity index (χ4v) is 2.95. The molecule has 0 atom stereocenters. The Kier molecular flexibility index (Phi) is 3.66. The summed E-state index contributed by atoms with van der Waals surface area (Å²) in [5, 5.41) is 1.28. The Bertz CT molecular complexity index is 760. The maximum absolute atomic E-state index is 3.55. The van der Waals surface area contributed by atoms with Crippen LogP contribution >= 0.6 is 15.9 Å². The second kappa shape index (κ2) is 5.34. The van der Waals surface area contributed by atoms with Crippen LogP contribution in [0.4, 0.5) is 0 Å². The van der Waals surface area contributed by atoms with Gasteiger partial charge in [-0.15, -0.1) is 0 Å². The van der Waals surface area contributed by atoms with Crippen LogP contribution in [-0.2, 0) is 12.0 Å². The van der Waals surface area contributed by atoms with Crippen LogP contribution in [-0.4, -0.2) is 4.57 Å². The van der Waals surface area contributed by atoms with E-state index in [2.05, 4.69) is 96.0 Å². The Morgan fingerprint density at radius 3 is 2.33 bits per heavy atom. The van der Waals surface area contributed by atoms with Crippen molar-refractivity contribution in [1.29, 1.82) is 0 Å². The van der Waals surface area contributed by atoms with E-state index < -0.39 is 0 Å². The molecule has 0 aliphatic rings. The fourth-order valence-electron chi connectivity index (χ4n) is 2.60. The van der Waals surface area contributed by atoms with E-state index in [1.54, 1.807) is 0 Å². The van der Waals surface area contributed by atoms with E-state index in [0.29, 0.717) is 0 Å². The van der Waals surface area contributed by atoms with Gasteiger partial charge in [0.15, 0.2) is 0 Å². The highest BCUT2D eigenvalue weighted by atomic mass is 79.9. The molecule has 0 aliphatic heterocycles. The molecule has 0 saturated carbocycles. The molecule has 0 bridgehead atoms. The van der Waals surface area contributed by atoms with Crippen LogP contribution in [0.3, 0.4) is 0 Å².